The minimum atomic E-state index is -3.60. The third kappa shape index (κ3) is 3.87. The van der Waals surface area contributed by atoms with Crippen LogP contribution < -0.4 is 4.72 Å². The lowest BCUT2D eigenvalue weighted by molar-refractivity contribution is -0.144. The molecule has 0 unspecified atom stereocenters. The van der Waals surface area contributed by atoms with Gasteiger partial charge in [0.2, 0.25) is 10.0 Å². The fourth-order valence-electron chi connectivity index (χ4n) is 3.17. The first-order valence-corrected chi connectivity index (χ1v) is 9.09. The highest BCUT2D eigenvalue weighted by molar-refractivity contribution is 7.89. The van der Waals surface area contributed by atoms with Crippen molar-refractivity contribution in [3.8, 4) is 0 Å². The number of aryl methyl sites for hydroxylation is 2. The van der Waals surface area contributed by atoms with Gasteiger partial charge in [0.25, 0.3) is 0 Å². The number of carboxylic acids is 1. The second-order valence-electron chi connectivity index (χ2n) is 6.11. The van der Waals surface area contributed by atoms with Gasteiger partial charge < -0.3 is 5.11 Å². The number of nitrogens with one attached hydrogen (secondary N) is 1. The number of sulfonamides is 1. The fraction of sp³-hybridized carbons (Fsp3) is 0.562. The molecule has 0 aliphatic heterocycles. The Bertz CT molecular complexity index is 654. The van der Waals surface area contributed by atoms with Crippen molar-refractivity contribution in [2.75, 3.05) is 6.54 Å². The van der Waals surface area contributed by atoms with Gasteiger partial charge in [-0.1, -0.05) is 30.5 Å². The second kappa shape index (κ2) is 6.79. The van der Waals surface area contributed by atoms with E-state index in [-0.39, 0.29) is 17.4 Å². The minimum absolute atomic E-state index is 0.133. The maximum absolute atomic E-state index is 12.4. The summed E-state index contributed by atoms with van der Waals surface area (Å²) < 4.78 is 27.4. The van der Waals surface area contributed by atoms with E-state index in [1.165, 1.54) is 0 Å². The third-order valence-corrected chi connectivity index (χ3v) is 5.97. The topological polar surface area (TPSA) is 83.5 Å². The molecule has 5 nitrogen and oxygen atoms in total. The van der Waals surface area contributed by atoms with E-state index in [0.29, 0.717) is 12.0 Å². The van der Waals surface area contributed by atoms with E-state index in [1.807, 2.05) is 13.0 Å². The van der Waals surface area contributed by atoms with Crippen LogP contribution in [0.1, 0.15) is 36.8 Å². The second-order valence-corrected chi connectivity index (χ2v) is 7.85. The van der Waals surface area contributed by atoms with E-state index >= 15 is 0 Å². The maximum Gasteiger partial charge on any atom is 0.306 e. The largest absolute Gasteiger partial charge is 0.481 e. The van der Waals surface area contributed by atoms with Crippen LogP contribution in [0.2, 0.25) is 0 Å². The molecule has 0 radical (unpaired) electrons. The Morgan fingerprint density at radius 1 is 1.27 bits per heavy atom. The van der Waals surface area contributed by atoms with Crippen molar-refractivity contribution < 1.29 is 18.3 Å². The predicted molar refractivity (Wildman–Crippen MR) is 84.2 cm³/mol. The fourth-order valence-corrected chi connectivity index (χ4v) is 4.49. The molecule has 1 aromatic carbocycles. The Morgan fingerprint density at radius 2 is 1.95 bits per heavy atom. The summed E-state index contributed by atoms with van der Waals surface area (Å²) in [7, 11) is -3.60. The number of hydrogen-bond acceptors (Lipinski definition) is 3. The summed E-state index contributed by atoms with van der Waals surface area (Å²) in [6.07, 6.45) is 3.24. The first-order chi connectivity index (χ1) is 10.3. The van der Waals surface area contributed by atoms with E-state index in [2.05, 4.69) is 4.72 Å². The summed E-state index contributed by atoms with van der Waals surface area (Å²) in [4.78, 5) is 11.5. The maximum atomic E-state index is 12.4. The molecule has 0 aromatic heterocycles. The molecule has 2 atom stereocenters. The molecular weight excluding hydrogens is 302 g/mol. The molecule has 1 aromatic rings. The molecule has 0 saturated heterocycles. The Kier molecular flexibility index (Phi) is 5.24. The van der Waals surface area contributed by atoms with Crippen LogP contribution in [0.5, 0.6) is 0 Å². The average molecular weight is 325 g/mol. The van der Waals surface area contributed by atoms with Gasteiger partial charge in [-0.05, 0) is 44.2 Å². The van der Waals surface area contributed by atoms with Crippen molar-refractivity contribution >= 4 is 16.0 Å². The number of aliphatic carboxylic acids is 1. The number of rotatable bonds is 5. The lowest BCUT2D eigenvalue weighted by atomic mass is 9.79. The number of hydrogen-bond donors (Lipinski definition) is 2. The Labute approximate surface area is 131 Å². The highest BCUT2D eigenvalue weighted by atomic mass is 32.2. The van der Waals surface area contributed by atoms with E-state index in [0.717, 1.165) is 24.8 Å². The average Bonchev–Trinajstić information content (AvgIpc) is 2.45. The first-order valence-electron chi connectivity index (χ1n) is 7.61. The molecule has 1 saturated carbocycles. The van der Waals surface area contributed by atoms with Crippen molar-refractivity contribution in [2.45, 2.75) is 44.4 Å². The number of carbonyl (C=O) groups is 1. The van der Waals surface area contributed by atoms with Crippen LogP contribution in [0.4, 0.5) is 0 Å². The van der Waals surface area contributed by atoms with Crippen LogP contribution in [0.25, 0.3) is 0 Å². The van der Waals surface area contributed by atoms with Gasteiger partial charge in [0.1, 0.15) is 0 Å². The molecule has 0 bridgehead atoms. The first kappa shape index (κ1) is 17.0. The predicted octanol–water partition coefficient (Wildman–Crippen LogP) is 2.47. The van der Waals surface area contributed by atoms with Gasteiger partial charge >= 0.3 is 5.97 Å². The summed E-state index contributed by atoms with van der Waals surface area (Å²) >= 11 is 0. The third-order valence-electron chi connectivity index (χ3n) is 4.38. The molecule has 6 heteroatoms. The van der Waals surface area contributed by atoms with Crippen LogP contribution in [-0.4, -0.2) is 26.0 Å². The Morgan fingerprint density at radius 3 is 2.59 bits per heavy atom. The molecule has 122 valence electrons. The zero-order valence-electron chi connectivity index (χ0n) is 13.0. The van der Waals surface area contributed by atoms with Gasteiger partial charge in [-0.25, -0.2) is 13.1 Å². The molecule has 22 heavy (non-hydrogen) atoms. The number of carboxylic acid groups (broad SMARTS) is 1. The van der Waals surface area contributed by atoms with Crippen LogP contribution in [0, 0.1) is 25.7 Å². The Balaban J connectivity index is 2.10. The van der Waals surface area contributed by atoms with Crippen molar-refractivity contribution in [1.29, 1.82) is 0 Å². The molecule has 1 aliphatic rings. The summed E-state index contributed by atoms with van der Waals surface area (Å²) in [6, 6.07) is 5.19. The molecule has 1 fully saturated rings. The zero-order valence-corrected chi connectivity index (χ0v) is 13.8. The summed E-state index contributed by atoms with van der Waals surface area (Å²) in [6.45, 7) is 3.87. The SMILES string of the molecule is Cc1ccc(S(=O)(=O)NC[C@@H]2CCCC[C@@H]2C(=O)O)c(C)c1. The molecule has 2 rings (SSSR count). The quantitative estimate of drug-likeness (QED) is 0.871. The van der Waals surface area contributed by atoms with Crippen molar-refractivity contribution in [2.24, 2.45) is 11.8 Å². The minimum Gasteiger partial charge on any atom is -0.481 e. The van der Waals surface area contributed by atoms with Gasteiger partial charge in [-0.15, -0.1) is 0 Å². The van der Waals surface area contributed by atoms with E-state index in [4.69, 9.17) is 0 Å². The van der Waals surface area contributed by atoms with Crippen molar-refractivity contribution in [3.05, 3.63) is 29.3 Å². The normalized spacial score (nSPS) is 22.5. The van der Waals surface area contributed by atoms with Crippen LogP contribution in [-0.2, 0) is 14.8 Å². The monoisotopic (exact) mass is 325 g/mol. The molecule has 2 N–H and O–H groups in total. The molecule has 0 heterocycles. The van der Waals surface area contributed by atoms with Gasteiger partial charge in [0.15, 0.2) is 0 Å². The molecule has 1 aliphatic carbocycles. The lowest BCUT2D eigenvalue weighted by Gasteiger charge is -2.28. The van der Waals surface area contributed by atoms with Crippen molar-refractivity contribution in [3.63, 3.8) is 0 Å². The van der Waals surface area contributed by atoms with Crippen LogP contribution in [0.15, 0.2) is 23.1 Å². The summed E-state index contributed by atoms with van der Waals surface area (Å²) in [5, 5.41) is 9.25. The molecule has 0 amide bonds. The number of benzene rings is 1. The van der Waals surface area contributed by atoms with Crippen molar-refractivity contribution in [1.82, 2.24) is 4.72 Å². The lowest BCUT2D eigenvalue weighted by Crippen LogP contribution is -2.37. The van der Waals surface area contributed by atoms with E-state index in [1.54, 1.807) is 19.1 Å². The van der Waals surface area contributed by atoms with Crippen LogP contribution >= 0.6 is 0 Å². The zero-order chi connectivity index (χ0) is 16.3. The molecule has 0 spiro atoms. The summed E-state index contributed by atoms with van der Waals surface area (Å²) in [5.41, 5.74) is 1.71. The molecular formula is C16H23NO4S. The van der Waals surface area contributed by atoms with Crippen LogP contribution in [0.3, 0.4) is 0 Å². The summed E-state index contributed by atoms with van der Waals surface area (Å²) in [5.74, 6) is -1.40. The highest BCUT2D eigenvalue weighted by Gasteiger charge is 2.31. The van der Waals surface area contributed by atoms with E-state index in [9.17, 15) is 18.3 Å². The van der Waals surface area contributed by atoms with Gasteiger partial charge in [-0.3, -0.25) is 4.79 Å². The highest BCUT2D eigenvalue weighted by Crippen LogP contribution is 2.30. The van der Waals surface area contributed by atoms with E-state index < -0.39 is 21.9 Å². The smallest absolute Gasteiger partial charge is 0.306 e. The van der Waals surface area contributed by atoms with Gasteiger partial charge in [-0.2, -0.15) is 0 Å². The van der Waals surface area contributed by atoms with Gasteiger partial charge in [0.05, 0.1) is 10.8 Å². The Hall–Kier alpha value is -1.40. The van der Waals surface area contributed by atoms with Gasteiger partial charge in [0, 0.05) is 6.54 Å². The standard InChI is InChI=1S/C16H23NO4S/c1-11-7-8-15(12(2)9-11)22(20,21)17-10-13-5-3-4-6-14(13)16(18)19/h7-9,13-14,17H,3-6,10H2,1-2H3,(H,18,19)/t13-,14-/m0/s1.